The predicted molar refractivity (Wildman–Crippen MR) is 89.5 cm³/mol. The van der Waals surface area contributed by atoms with Gasteiger partial charge in [-0.15, -0.1) is 0 Å². The minimum Gasteiger partial charge on any atom is -0.309 e. The van der Waals surface area contributed by atoms with Crippen LogP contribution in [0.3, 0.4) is 0 Å². The summed E-state index contributed by atoms with van der Waals surface area (Å²) in [7, 11) is 0. The van der Waals surface area contributed by atoms with Gasteiger partial charge in [0.2, 0.25) is 0 Å². The summed E-state index contributed by atoms with van der Waals surface area (Å²) in [5, 5.41) is 2.79. The molecule has 0 spiro atoms. The normalized spacial score (nSPS) is 15.7. The third-order valence-corrected chi connectivity index (χ3v) is 3.66. The van der Waals surface area contributed by atoms with E-state index >= 15 is 0 Å². The van der Waals surface area contributed by atoms with Gasteiger partial charge in [-0.05, 0) is 42.7 Å². The molecule has 0 fully saturated rings. The Kier molecular flexibility index (Phi) is 4.33. The lowest BCUT2D eigenvalue weighted by Crippen LogP contribution is -2.24. The molecule has 4 heteroatoms. The molecule has 0 aromatic heterocycles. The lowest BCUT2D eigenvalue weighted by molar-refractivity contribution is -0.115. The fourth-order valence-corrected chi connectivity index (χ4v) is 2.47. The van der Waals surface area contributed by atoms with E-state index in [1.807, 2.05) is 31.2 Å². The second-order valence-corrected chi connectivity index (χ2v) is 5.58. The molecular formula is C19H17FN2O. The molecule has 1 aliphatic rings. The van der Waals surface area contributed by atoms with Crippen molar-refractivity contribution in [3.05, 3.63) is 76.7 Å². The minimum atomic E-state index is -0.247. The van der Waals surface area contributed by atoms with E-state index in [2.05, 4.69) is 10.3 Å². The molecule has 1 amide bonds. The molecule has 1 heterocycles. The number of amides is 1. The van der Waals surface area contributed by atoms with Crippen LogP contribution in [0.2, 0.25) is 0 Å². The van der Waals surface area contributed by atoms with Crippen LogP contribution in [0.15, 0.2) is 59.2 Å². The first-order valence-corrected chi connectivity index (χ1v) is 7.52. The lowest BCUT2D eigenvalue weighted by Gasteiger charge is -2.01. The number of aliphatic imine (C=N–C) groups is 1. The predicted octanol–water partition coefficient (Wildman–Crippen LogP) is 3.64. The summed E-state index contributed by atoms with van der Waals surface area (Å²) in [4.78, 5) is 16.4. The van der Waals surface area contributed by atoms with Crippen molar-refractivity contribution in [2.24, 2.45) is 4.99 Å². The SMILES string of the molecule is Cc1cccc(/C=C2/N=C(CCc3ccc(F)cc3)NC2=O)c1. The topological polar surface area (TPSA) is 41.5 Å². The fourth-order valence-electron chi connectivity index (χ4n) is 2.47. The molecule has 2 aromatic rings. The number of amidine groups is 1. The number of rotatable bonds is 4. The van der Waals surface area contributed by atoms with Crippen molar-refractivity contribution < 1.29 is 9.18 Å². The van der Waals surface area contributed by atoms with E-state index in [0.29, 0.717) is 24.4 Å². The Balaban J connectivity index is 1.70. The summed E-state index contributed by atoms with van der Waals surface area (Å²) >= 11 is 0. The largest absolute Gasteiger partial charge is 0.309 e. The number of halogens is 1. The first-order chi connectivity index (χ1) is 11.1. The second kappa shape index (κ2) is 6.57. The molecule has 0 unspecified atom stereocenters. The highest BCUT2D eigenvalue weighted by atomic mass is 19.1. The molecule has 1 aliphatic heterocycles. The second-order valence-electron chi connectivity index (χ2n) is 5.58. The number of aryl methyl sites for hydroxylation is 2. The number of benzene rings is 2. The van der Waals surface area contributed by atoms with Crippen molar-refractivity contribution in [1.82, 2.24) is 5.32 Å². The summed E-state index contributed by atoms with van der Waals surface area (Å²) in [6.45, 7) is 2.01. The lowest BCUT2D eigenvalue weighted by atomic mass is 10.1. The molecule has 2 aromatic carbocycles. The van der Waals surface area contributed by atoms with Gasteiger partial charge in [-0.1, -0.05) is 42.0 Å². The Labute approximate surface area is 134 Å². The van der Waals surface area contributed by atoms with Crippen molar-refractivity contribution >= 4 is 17.8 Å². The first kappa shape index (κ1) is 15.2. The van der Waals surface area contributed by atoms with Gasteiger partial charge in [0, 0.05) is 6.42 Å². The van der Waals surface area contributed by atoms with Crippen molar-refractivity contribution in [2.75, 3.05) is 0 Å². The van der Waals surface area contributed by atoms with Gasteiger partial charge in [-0.3, -0.25) is 4.79 Å². The van der Waals surface area contributed by atoms with Crippen LogP contribution >= 0.6 is 0 Å². The van der Waals surface area contributed by atoms with E-state index in [1.165, 1.54) is 12.1 Å². The van der Waals surface area contributed by atoms with Crippen LogP contribution in [0.25, 0.3) is 6.08 Å². The van der Waals surface area contributed by atoms with E-state index in [1.54, 1.807) is 18.2 Å². The standard InChI is InChI=1S/C19H17FN2O/c1-13-3-2-4-15(11-13)12-17-19(23)22-18(21-17)10-7-14-5-8-16(20)9-6-14/h2-6,8-9,11-12H,7,10H2,1H3,(H,21,22,23)/b17-12+. The molecule has 0 radical (unpaired) electrons. The quantitative estimate of drug-likeness (QED) is 0.861. The third-order valence-electron chi connectivity index (χ3n) is 3.66. The maximum atomic E-state index is 12.9. The summed E-state index contributed by atoms with van der Waals surface area (Å²) in [5.41, 5.74) is 3.53. The molecule has 0 saturated heterocycles. The number of nitrogens with one attached hydrogen (secondary N) is 1. The Hall–Kier alpha value is -2.75. The van der Waals surface area contributed by atoms with Crippen LogP contribution in [0.1, 0.15) is 23.1 Å². The van der Waals surface area contributed by atoms with E-state index in [-0.39, 0.29) is 11.7 Å². The van der Waals surface area contributed by atoms with Crippen LogP contribution in [0.5, 0.6) is 0 Å². The molecule has 116 valence electrons. The molecular weight excluding hydrogens is 291 g/mol. The van der Waals surface area contributed by atoms with Crippen molar-refractivity contribution in [3.8, 4) is 0 Å². The van der Waals surface area contributed by atoms with Crippen molar-refractivity contribution in [1.29, 1.82) is 0 Å². The average molecular weight is 308 g/mol. The molecule has 1 N–H and O–H groups in total. The van der Waals surface area contributed by atoms with Crippen LogP contribution in [0.4, 0.5) is 4.39 Å². The van der Waals surface area contributed by atoms with Gasteiger partial charge in [0.15, 0.2) is 0 Å². The van der Waals surface area contributed by atoms with Gasteiger partial charge in [-0.2, -0.15) is 0 Å². The van der Waals surface area contributed by atoms with Crippen LogP contribution < -0.4 is 5.32 Å². The number of carbonyl (C=O) groups excluding carboxylic acids is 1. The van der Waals surface area contributed by atoms with E-state index in [9.17, 15) is 9.18 Å². The van der Waals surface area contributed by atoms with E-state index < -0.39 is 0 Å². The first-order valence-electron chi connectivity index (χ1n) is 7.52. The summed E-state index contributed by atoms with van der Waals surface area (Å²) < 4.78 is 12.9. The molecule has 3 nitrogen and oxygen atoms in total. The molecule has 0 aliphatic carbocycles. The van der Waals surface area contributed by atoms with Gasteiger partial charge < -0.3 is 5.32 Å². The smallest absolute Gasteiger partial charge is 0.275 e. The fraction of sp³-hybridized carbons (Fsp3) is 0.158. The monoisotopic (exact) mass is 308 g/mol. The highest BCUT2D eigenvalue weighted by Crippen LogP contribution is 2.15. The highest BCUT2D eigenvalue weighted by molar-refractivity contribution is 6.14. The van der Waals surface area contributed by atoms with Gasteiger partial charge in [0.05, 0.1) is 0 Å². The average Bonchev–Trinajstić information content (AvgIpc) is 2.87. The molecule has 0 atom stereocenters. The van der Waals surface area contributed by atoms with E-state index in [4.69, 9.17) is 0 Å². The molecule has 0 bridgehead atoms. The summed E-state index contributed by atoms with van der Waals surface area (Å²) in [6, 6.07) is 14.3. The molecule has 0 saturated carbocycles. The molecule has 23 heavy (non-hydrogen) atoms. The van der Waals surface area contributed by atoms with E-state index in [0.717, 1.165) is 16.7 Å². The maximum Gasteiger partial charge on any atom is 0.275 e. The highest BCUT2D eigenvalue weighted by Gasteiger charge is 2.19. The van der Waals surface area contributed by atoms with Crippen LogP contribution in [-0.2, 0) is 11.2 Å². The zero-order valence-electron chi connectivity index (χ0n) is 12.8. The van der Waals surface area contributed by atoms with Gasteiger partial charge in [-0.25, -0.2) is 9.38 Å². The van der Waals surface area contributed by atoms with Crippen LogP contribution in [0, 0.1) is 12.7 Å². The van der Waals surface area contributed by atoms with Gasteiger partial charge in [0.25, 0.3) is 5.91 Å². The van der Waals surface area contributed by atoms with Crippen molar-refractivity contribution in [3.63, 3.8) is 0 Å². The Morgan fingerprint density at radius 3 is 2.65 bits per heavy atom. The summed E-state index contributed by atoms with van der Waals surface area (Å²) in [5.74, 6) is 0.225. The Bertz CT molecular complexity index is 791. The Morgan fingerprint density at radius 1 is 1.13 bits per heavy atom. The summed E-state index contributed by atoms with van der Waals surface area (Å²) in [6.07, 6.45) is 3.10. The van der Waals surface area contributed by atoms with Gasteiger partial charge >= 0.3 is 0 Å². The third kappa shape index (κ3) is 3.92. The zero-order chi connectivity index (χ0) is 16.2. The maximum absolute atomic E-state index is 12.9. The number of carbonyl (C=O) groups is 1. The minimum absolute atomic E-state index is 0.180. The molecule has 3 rings (SSSR count). The number of hydrogen-bond acceptors (Lipinski definition) is 2. The Morgan fingerprint density at radius 2 is 1.91 bits per heavy atom. The zero-order valence-corrected chi connectivity index (χ0v) is 12.8. The number of hydrogen-bond donors (Lipinski definition) is 1. The van der Waals surface area contributed by atoms with Crippen LogP contribution in [-0.4, -0.2) is 11.7 Å². The van der Waals surface area contributed by atoms with Gasteiger partial charge in [0.1, 0.15) is 17.3 Å². The number of nitrogens with zero attached hydrogens (tertiary/aromatic N) is 1. The van der Waals surface area contributed by atoms with Crippen molar-refractivity contribution in [2.45, 2.75) is 19.8 Å².